The predicted molar refractivity (Wildman–Crippen MR) is 88.2 cm³/mol. The van der Waals surface area contributed by atoms with E-state index in [4.69, 9.17) is 13.9 Å². The summed E-state index contributed by atoms with van der Waals surface area (Å²) in [5.41, 5.74) is -0.0985. The molecule has 0 atom stereocenters. The Morgan fingerprint density at radius 3 is 1.83 bits per heavy atom. The van der Waals surface area contributed by atoms with Gasteiger partial charge in [-0.05, 0) is 31.7 Å². The molecule has 1 saturated heterocycles. The van der Waals surface area contributed by atoms with Gasteiger partial charge >= 0.3 is 17.2 Å². The zero-order valence-electron chi connectivity index (χ0n) is 14.1. The monoisotopic (exact) mass is 341 g/mol. The minimum atomic E-state index is -4.30. The Bertz CT molecular complexity index is 618. The van der Waals surface area contributed by atoms with Gasteiger partial charge in [-0.1, -0.05) is 33.8 Å². The van der Waals surface area contributed by atoms with E-state index in [1.807, 2.05) is 0 Å². The summed E-state index contributed by atoms with van der Waals surface area (Å²) in [6.07, 6.45) is 4.71. The molecule has 1 N–H and O–H groups in total. The van der Waals surface area contributed by atoms with Crippen molar-refractivity contribution in [3.63, 3.8) is 0 Å². The van der Waals surface area contributed by atoms with Crippen LogP contribution in [0.4, 0.5) is 0 Å². The van der Waals surface area contributed by atoms with E-state index in [2.05, 4.69) is 32.7 Å². The number of rotatable bonds is 6. The molecule has 0 aliphatic carbocycles. The SMILES string of the molecule is CCC1(CC)OB(c2ccc(S(=O)(=O)O)nc2)OC1(CC)CC. The number of hydrogen-bond donors (Lipinski definition) is 1. The summed E-state index contributed by atoms with van der Waals surface area (Å²) >= 11 is 0. The predicted octanol–water partition coefficient (Wildman–Crippen LogP) is 2.19. The maximum atomic E-state index is 11.1. The maximum Gasteiger partial charge on any atom is 0.496 e. The van der Waals surface area contributed by atoms with Crippen LogP contribution in [0.2, 0.25) is 0 Å². The second-order valence-electron chi connectivity index (χ2n) is 5.88. The van der Waals surface area contributed by atoms with Crippen molar-refractivity contribution in [2.75, 3.05) is 0 Å². The topological polar surface area (TPSA) is 85.7 Å². The fourth-order valence-corrected chi connectivity index (χ4v) is 4.02. The van der Waals surface area contributed by atoms with Crippen molar-refractivity contribution in [3.8, 4) is 0 Å². The van der Waals surface area contributed by atoms with E-state index in [1.165, 1.54) is 12.3 Å². The highest BCUT2D eigenvalue weighted by Crippen LogP contribution is 2.46. The normalized spacial score (nSPS) is 20.0. The molecule has 1 aromatic heterocycles. The summed E-state index contributed by atoms with van der Waals surface area (Å²) in [6, 6.07) is 2.83. The van der Waals surface area contributed by atoms with Crippen LogP contribution < -0.4 is 5.46 Å². The third-order valence-electron chi connectivity index (χ3n) is 5.08. The van der Waals surface area contributed by atoms with Gasteiger partial charge in [0.05, 0.1) is 11.2 Å². The first kappa shape index (κ1) is 18.4. The Morgan fingerprint density at radius 1 is 1.04 bits per heavy atom. The zero-order chi connectivity index (χ0) is 17.3. The van der Waals surface area contributed by atoms with Crippen LogP contribution in [0.3, 0.4) is 0 Å². The summed E-state index contributed by atoms with van der Waals surface area (Å²) < 4.78 is 43.8. The first-order valence-electron chi connectivity index (χ1n) is 8.06. The Hall–Kier alpha value is -0.955. The van der Waals surface area contributed by atoms with Crippen LogP contribution in [-0.2, 0) is 19.4 Å². The molecule has 6 nitrogen and oxygen atoms in total. The van der Waals surface area contributed by atoms with Crippen LogP contribution in [0, 0.1) is 0 Å². The highest BCUT2D eigenvalue weighted by molar-refractivity contribution is 7.85. The smallest absolute Gasteiger partial charge is 0.399 e. The second-order valence-corrected chi connectivity index (χ2v) is 7.24. The van der Waals surface area contributed by atoms with E-state index in [-0.39, 0.29) is 16.2 Å². The van der Waals surface area contributed by atoms with Crippen LogP contribution >= 0.6 is 0 Å². The first-order valence-corrected chi connectivity index (χ1v) is 9.50. The van der Waals surface area contributed by atoms with Crippen molar-refractivity contribution in [2.24, 2.45) is 0 Å². The molecule has 0 saturated carbocycles. The summed E-state index contributed by atoms with van der Waals surface area (Å²) in [4.78, 5) is 3.80. The molecule has 2 rings (SSSR count). The molecule has 1 fully saturated rings. The molecule has 1 aromatic rings. The van der Waals surface area contributed by atoms with Crippen molar-refractivity contribution < 1.29 is 22.3 Å². The number of nitrogens with zero attached hydrogens (tertiary/aromatic N) is 1. The molecule has 8 heteroatoms. The van der Waals surface area contributed by atoms with E-state index >= 15 is 0 Å². The average molecular weight is 341 g/mol. The van der Waals surface area contributed by atoms with Crippen molar-refractivity contribution in [1.82, 2.24) is 4.98 Å². The van der Waals surface area contributed by atoms with Crippen LogP contribution in [-0.4, -0.2) is 36.3 Å². The van der Waals surface area contributed by atoms with Crippen LogP contribution in [0.25, 0.3) is 0 Å². The van der Waals surface area contributed by atoms with Gasteiger partial charge in [0.15, 0.2) is 5.03 Å². The first-order chi connectivity index (χ1) is 10.8. The lowest BCUT2D eigenvalue weighted by Gasteiger charge is -2.42. The lowest BCUT2D eigenvalue weighted by Crippen LogP contribution is -2.50. The molecule has 23 heavy (non-hydrogen) atoms. The fourth-order valence-electron chi connectivity index (χ4n) is 3.59. The van der Waals surface area contributed by atoms with Gasteiger partial charge in [0.2, 0.25) is 0 Å². The lowest BCUT2D eigenvalue weighted by atomic mass is 9.75. The minimum Gasteiger partial charge on any atom is -0.399 e. The zero-order valence-corrected chi connectivity index (χ0v) is 14.9. The van der Waals surface area contributed by atoms with Gasteiger partial charge in [-0.2, -0.15) is 8.42 Å². The molecular formula is C15H24BNO5S. The van der Waals surface area contributed by atoms with Gasteiger partial charge in [-0.15, -0.1) is 0 Å². The minimum absolute atomic E-state index is 0.372. The van der Waals surface area contributed by atoms with Crippen LogP contribution in [0.5, 0.6) is 0 Å². The van der Waals surface area contributed by atoms with Gasteiger partial charge < -0.3 is 9.31 Å². The quantitative estimate of drug-likeness (QED) is 0.631. The van der Waals surface area contributed by atoms with E-state index in [9.17, 15) is 8.42 Å². The number of aromatic nitrogens is 1. The summed E-state index contributed by atoms with van der Waals surface area (Å²) in [5.74, 6) is 0. The summed E-state index contributed by atoms with van der Waals surface area (Å²) in [5, 5.41) is -0.381. The van der Waals surface area contributed by atoms with E-state index in [0.717, 1.165) is 25.7 Å². The molecule has 128 valence electrons. The molecule has 0 amide bonds. The van der Waals surface area contributed by atoms with E-state index in [1.54, 1.807) is 6.07 Å². The van der Waals surface area contributed by atoms with Crippen molar-refractivity contribution >= 4 is 22.7 Å². The molecule has 0 radical (unpaired) electrons. The van der Waals surface area contributed by atoms with Gasteiger partial charge in [0, 0.05) is 11.7 Å². The average Bonchev–Trinajstić information content (AvgIpc) is 2.89. The highest BCUT2D eigenvalue weighted by atomic mass is 32.2. The van der Waals surface area contributed by atoms with Gasteiger partial charge in [-0.3, -0.25) is 4.55 Å². The molecule has 1 aliphatic heterocycles. The Balaban J connectivity index is 2.36. The fraction of sp³-hybridized carbons (Fsp3) is 0.667. The Kier molecular flexibility index (Phi) is 5.20. The largest absolute Gasteiger partial charge is 0.496 e. The third-order valence-corrected chi connectivity index (χ3v) is 5.85. The van der Waals surface area contributed by atoms with Crippen LogP contribution in [0.15, 0.2) is 23.4 Å². The standard InChI is InChI=1S/C15H24BNO5S/c1-5-14(6-2)15(7-3,8-4)22-16(21-14)12-9-10-13(17-11-12)23(18,19)20/h9-11H,5-8H2,1-4H3,(H,18,19,20). The van der Waals surface area contributed by atoms with Crippen molar-refractivity contribution in [3.05, 3.63) is 18.3 Å². The van der Waals surface area contributed by atoms with Gasteiger partial charge in [0.25, 0.3) is 0 Å². The van der Waals surface area contributed by atoms with Crippen molar-refractivity contribution in [2.45, 2.75) is 69.6 Å². The molecule has 0 bridgehead atoms. The molecule has 1 aliphatic rings. The summed E-state index contributed by atoms with van der Waals surface area (Å²) in [7, 11) is -4.89. The Labute approximate surface area is 138 Å². The molecule has 0 aromatic carbocycles. The lowest BCUT2D eigenvalue weighted by molar-refractivity contribution is -0.0601. The van der Waals surface area contributed by atoms with E-state index in [0.29, 0.717) is 5.46 Å². The van der Waals surface area contributed by atoms with Gasteiger partial charge in [-0.25, -0.2) is 4.98 Å². The molecule has 2 heterocycles. The third kappa shape index (κ3) is 3.05. The second kappa shape index (κ2) is 6.51. The Morgan fingerprint density at radius 2 is 1.52 bits per heavy atom. The molecule has 0 unspecified atom stereocenters. The van der Waals surface area contributed by atoms with Gasteiger partial charge in [0.1, 0.15) is 0 Å². The van der Waals surface area contributed by atoms with Crippen LogP contribution in [0.1, 0.15) is 53.4 Å². The maximum absolute atomic E-state index is 11.1. The number of hydrogen-bond acceptors (Lipinski definition) is 5. The highest BCUT2D eigenvalue weighted by Gasteiger charge is 2.58. The van der Waals surface area contributed by atoms with E-state index < -0.39 is 17.2 Å². The molecule has 0 spiro atoms. The molecular weight excluding hydrogens is 317 g/mol. The number of pyridine rings is 1. The summed E-state index contributed by atoms with van der Waals surface area (Å²) in [6.45, 7) is 8.37. The van der Waals surface area contributed by atoms with Crippen molar-refractivity contribution in [1.29, 1.82) is 0 Å².